The summed E-state index contributed by atoms with van der Waals surface area (Å²) in [5, 5.41) is 9.69. The number of likely N-dealkylation sites (N-methyl/N-ethyl adjacent to an activating group) is 1. The molecule has 2 nitrogen and oxygen atoms in total. The van der Waals surface area contributed by atoms with Gasteiger partial charge in [0.25, 0.3) is 0 Å². The largest absolute Gasteiger partial charge is 0.393 e. The lowest BCUT2D eigenvalue weighted by Crippen LogP contribution is -2.39. The van der Waals surface area contributed by atoms with E-state index in [2.05, 4.69) is 50.1 Å². The van der Waals surface area contributed by atoms with E-state index in [1.807, 2.05) is 13.0 Å². The topological polar surface area (TPSA) is 23.5 Å². The Labute approximate surface area is 105 Å². The Morgan fingerprint density at radius 2 is 1.82 bits per heavy atom. The van der Waals surface area contributed by atoms with Crippen molar-refractivity contribution in [2.45, 2.75) is 33.3 Å². The molecular formula is C15H25NO. The molecular weight excluding hydrogens is 210 g/mol. The molecule has 0 aliphatic rings. The zero-order chi connectivity index (χ0) is 12.9. The molecule has 1 rings (SSSR count). The van der Waals surface area contributed by atoms with E-state index in [0.717, 1.165) is 19.5 Å². The summed E-state index contributed by atoms with van der Waals surface area (Å²) in [4.78, 5) is 2.29. The highest BCUT2D eigenvalue weighted by molar-refractivity contribution is 5.14. The highest BCUT2D eigenvalue weighted by atomic mass is 16.3. The van der Waals surface area contributed by atoms with Crippen LogP contribution in [0.1, 0.15) is 26.3 Å². The average Bonchev–Trinajstić information content (AvgIpc) is 2.27. The van der Waals surface area contributed by atoms with Crippen LogP contribution in [-0.4, -0.2) is 36.2 Å². The van der Waals surface area contributed by atoms with Gasteiger partial charge in [0.2, 0.25) is 0 Å². The number of aliphatic hydroxyl groups is 1. The molecule has 1 atom stereocenters. The Bertz CT molecular complexity index is 319. The molecule has 1 N–H and O–H groups in total. The first-order valence-corrected chi connectivity index (χ1v) is 6.32. The van der Waals surface area contributed by atoms with Gasteiger partial charge in [0.1, 0.15) is 0 Å². The minimum absolute atomic E-state index is 0.0502. The van der Waals surface area contributed by atoms with Gasteiger partial charge in [0.15, 0.2) is 0 Å². The van der Waals surface area contributed by atoms with Gasteiger partial charge in [-0.05, 0) is 26.0 Å². The summed E-state index contributed by atoms with van der Waals surface area (Å²) in [7, 11) is 2.12. The third-order valence-electron chi connectivity index (χ3n) is 3.43. The zero-order valence-electron chi connectivity index (χ0n) is 11.5. The molecule has 0 amide bonds. The Morgan fingerprint density at radius 1 is 1.24 bits per heavy atom. The van der Waals surface area contributed by atoms with Crippen molar-refractivity contribution >= 4 is 0 Å². The van der Waals surface area contributed by atoms with Crippen molar-refractivity contribution in [1.29, 1.82) is 0 Å². The molecule has 2 heteroatoms. The average molecular weight is 235 g/mol. The van der Waals surface area contributed by atoms with Gasteiger partial charge in [-0.15, -0.1) is 0 Å². The van der Waals surface area contributed by atoms with E-state index in [1.54, 1.807) is 0 Å². The molecule has 1 unspecified atom stereocenters. The van der Waals surface area contributed by atoms with Crippen molar-refractivity contribution in [1.82, 2.24) is 4.90 Å². The molecule has 0 saturated carbocycles. The van der Waals surface area contributed by atoms with Crippen molar-refractivity contribution in [3.63, 3.8) is 0 Å². The first-order valence-electron chi connectivity index (χ1n) is 6.32. The molecule has 1 aromatic carbocycles. The summed E-state index contributed by atoms with van der Waals surface area (Å²) in [6, 6.07) is 10.5. The molecule has 0 spiro atoms. The van der Waals surface area contributed by atoms with Crippen LogP contribution in [0.25, 0.3) is 0 Å². The monoisotopic (exact) mass is 235 g/mol. The van der Waals surface area contributed by atoms with Crippen LogP contribution < -0.4 is 0 Å². The van der Waals surface area contributed by atoms with Crippen LogP contribution in [0.2, 0.25) is 0 Å². The Balaban J connectivity index is 2.38. The lowest BCUT2D eigenvalue weighted by Gasteiger charge is -2.32. The number of aliphatic hydroxyl groups excluding tert-OH is 1. The lowest BCUT2D eigenvalue weighted by atomic mass is 9.87. The van der Waals surface area contributed by atoms with Crippen LogP contribution in [0.3, 0.4) is 0 Å². The van der Waals surface area contributed by atoms with Gasteiger partial charge >= 0.3 is 0 Å². The minimum Gasteiger partial charge on any atom is -0.393 e. The maximum absolute atomic E-state index is 9.69. The SMILES string of the molecule is CC(O)C(C)(C)CN(C)CCc1ccccc1. The molecule has 0 saturated heterocycles. The second-order valence-corrected chi connectivity index (χ2v) is 5.64. The quantitative estimate of drug-likeness (QED) is 0.819. The van der Waals surface area contributed by atoms with E-state index in [0.29, 0.717) is 0 Å². The van der Waals surface area contributed by atoms with Crippen molar-refractivity contribution in [3.8, 4) is 0 Å². The fourth-order valence-corrected chi connectivity index (χ4v) is 1.87. The van der Waals surface area contributed by atoms with E-state index < -0.39 is 0 Å². The number of hydrogen-bond donors (Lipinski definition) is 1. The summed E-state index contributed by atoms with van der Waals surface area (Å²) in [5.41, 5.74) is 1.32. The molecule has 17 heavy (non-hydrogen) atoms. The van der Waals surface area contributed by atoms with Crippen LogP contribution in [0, 0.1) is 5.41 Å². The second kappa shape index (κ2) is 6.18. The number of nitrogens with zero attached hydrogens (tertiary/aromatic N) is 1. The van der Waals surface area contributed by atoms with E-state index in [-0.39, 0.29) is 11.5 Å². The van der Waals surface area contributed by atoms with E-state index >= 15 is 0 Å². The maximum Gasteiger partial charge on any atom is 0.0575 e. The van der Waals surface area contributed by atoms with Crippen LogP contribution in [0.4, 0.5) is 0 Å². The van der Waals surface area contributed by atoms with Gasteiger partial charge in [-0.25, -0.2) is 0 Å². The lowest BCUT2D eigenvalue weighted by molar-refractivity contribution is 0.0411. The fraction of sp³-hybridized carbons (Fsp3) is 0.600. The highest BCUT2D eigenvalue weighted by Crippen LogP contribution is 2.21. The Hall–Kier alpha value is -0.860. The van der Waals surface area contributed by atoms with Gasteiger partial charge in [-0.3, -0.25) is 0 Å². The third-order valence-corrected chi connectivity index (χ3v) is 3.43. The van der Waals surface area contributed by atoms with E-state index in [1.165, 1.54) is 5.56 Å². The standard InChI is InChI=1S/C15H25NO/c1-13(17)15(2,3)12-16(4)11-10-14-8-6-5-7-9-14/h5-9,13,17H,10-12H2,1-4H3. The number of benzene rings is 1. The van der Waals surface area contributed by atoms with Crippen molar-refractivity contribution in [2.24, 2.45) is 5.41 Å². The van der Waals surface area contributed by atoms with Crippen molar-refractivity contribution < 1.29 is 5.11 Å². The first-order chi connectivity index (χ1) is 7.92. The van der Waals surface area contributed by atoms with Gasteiger partial charge < -0.3 is 10.0 Å². The maximum atomic E-state index is 9.69. The van der Waals surface area contributed by atoms with Gasteiger partial charge in [0.05, 0.1) is 6.10 Å². The summed E-state index contributed by atoms with van der Waals surface area (Å²) < 4.78 is 0. The zero-order valence-corrected chi connectivity index (χ0v) is 11.5. The molecule has 0 aliphatic heterocycles. The van der Waals surface area contributed by atoms with Crippen LogP contribution in [0.15, 0.2) is 30.3 Å². The van der Waals surface area contributed by atoms with Crippen LogP contribution in [0.5, 0.6) is 0 Å². The predicted molar refractivity (Wildman–Crippen MR) is 73.1 cm³/mol. The smallest absolute Gasteiger partial charge is 0.0575 e. The molecule has 0 aromatic heterocycles. The molecule has 0 aliphatic carbocycles. The normalized spacial score (nSPS) is 14.0. The fourth-order valence-electron chi connectivity index (χ4n) is 1.87. The molecule has 0 heterocycles. The van der Waals surface area contributed by atoms with E-state index in [9.17, 15) is 5.11 Å². The van der Waals surface area contributed by atoms with Gasteiger partial charge in [-0.2, -0.15) is 0 Å². The summed E-state index contributed by atoms with van der Waals surface area (Å²) >= 11 is 0. The van der Waals surface area contributed by atoms with E-state index in [4.69, 9.17) is 0 Å². The molecule has 0 fully saturated rings. The van der Waals surface area contributed by atoms with Crippen molar-refractivity contribution in [3.05, 3.63) is 35.9 Å². The Morgan fingerprint density at radius 3 is 2.35 bits per heavy atom. The molecule has 96 valence electrons. The molecule has 0 bridgehead atoms. The van der Waals surface area contributed by atoms with Gasteiger partial charge in [-0.1, -0.05) is 44.2 Å². The predicted octanol–water partition coefficient (Wildman–Crippen LogP) is 2.57. The molecule has 0 radical (unpaired) electrons. The third kappa shape index (κ3) is 4.88. The second-order valence-electron chi connectivity index (χ2n) is 5.64. The highest BCUT2D eigenvalue weighted by Gasteiger charge is 2.25. The summed E-state index contributed by atoms with van der Waals surface area (Å²) in [6.45, 7) is 8.02. The summed E-state index contributed by atoms with van der Waals surface area (Å²) in [5.74, 6) is 0. The van der Waals surface area contributed by atoms with Gasteiger partial charge in [0, 0.05) is 18.5 Å². The summed E-state index contributed by atoms with van der Waals surface area (Å²) in [6.07, 6.45) is 0.787. The number of rotatable bonds is 6. The minimum atomic E-state index is -0.276. The van der Waals surface area contributed by atoms with Crippen LogP contribution >= 0.6 is 0 Å². The Kier molecular flexibility index (Phi) is 5.16. The molecule has 1 aromatic rings. The van der Waals surface area contributed by atoms with Crippen molar-refractivity contribution in [2.75, 3.05) is 20.1 Å². The van der Waals surface area contributed by atoms with Crippen LogP contribution in [-0.2, 0) is 6.42 Å². The number of hydrogen-bond acceptors (Lipinski definition) is 2. The first kappa shape index (κ1) is 14.2.